The van der Waals surface area contributed by atoms with Crippen molar-refractivity contribution in [3.8, 4) is 0 Å². The largest absolute Gasteiger partial charge is 4.00 e. The quantitative estimate of drug-likeness (QED) is 0.303. The number of nitrogens with zero attached hydrogens (tertiary/aromatic N) is 2. The second-order valence-electron chi connectivity index (χ2n) is 11.1. The van der Waals surface area contributed by atoms with Crippen molar-refractivity contribution >= 4 is 16.5 Å². The Morgan fingerprint density at radius 3 is 1.29 bits per heavy atom. The summed E-state index contributed by atoms with van der Waals surface area (Å²) < 4.78 is 0. The third-order valence-electron chi connectivity index (χ3n) is 5.19. The van der Waals surface area contributed by atoms with Crippen LogP contribution in [0.5, 0.6) is 0 Å². The maximum atomic E-state index is 5.37. The van der Waals surface area contributed by atoms with Gasteiger partial charge in [0, 0.05) is 0 Å². The van der Waals surface area contributed by atoms with E-state index in [2.05, 4.69) is 98.9 Å². The maximum Gasteiger partial charge on any atom is 4.00 e. The van der Waals surface area contributed by atoms with Gasteiger partial charge in [-0.15, -0.1) is 11.1 Å². The third kappa shape index (κ3) is 6.48. The molecule has 1 aliphatic carbocycles. The first-order valence-electron chi connectivity index (χ1n) is 9.95. The van der Waals surface area contributed by atoms with Crippen molar-refractivity contribution in [3.05, 3.63) is 58.7 Å². The molecule has 0 saturated heterocycles. The second kappa shape index (κ2) is 9.30. The Bertz CT molecular complexity index is 590. The SMILES string of the molecule is C[C-]1C([Si](C)(C)[N-]C(C)(C)C)c2ccccc2C1[Si](C)(C)[N-]C(C)(C)C.[CH3-].[Zr+4]. The Hall–Kier alpha value is 0.457. The fourth-order valence-electron chi connectivity index (χ4n) is 5.43. The molecule has 2 rings (SSSR count). The fourth-order valence-corrected chi connectivity index (χ4v) is 13.9. The molecule has 1 aliphatic rings. The summed E-state index contributed by atoms with van der Waals surface area (Å²) in [6, 6.07) is 9.13. The molecule has 0 spiro atoms. The fraction of sp³-hybridized carbons (Fsp3) is 0.652. The normalized spacial score (nSPS) is 21.0. The molecule has 2 nitrogen and oxygen atoms in total. The summed E-state index contributed by atoms with van der Waals surface area (Å²) in [5.41, 5.74) is 4.11. The summed E-state index contributed by atoms with van der Waals surface area (Å²) >= 11 is 0. The molecule has 0 aromatic heterocycles. The van der Waals surface area contributed by atoms with Crippen molar-refractivity contribution in [1.29, 1.82) is 0 Å². The van der Waals surface area contributed by atoms with Gasteiger partial charge in [-0.2, -0.15) is 18.0 Å². The predicted octanol–water partition coefficient (Wildman–Crippen LogP) is 7.74. The minimum Gasteiger partial charge on any atom is -0.661 e. The van der Waals surface area contributed by atoms with E-state index in [9.17, 15) is 0 Å². The molecule has 0 radical (unpaired) electrons. The average Bonchev–Trinajstić information content (AvgIpc) is 2.65. The molecule has 0 amide bonds. The van der Waals surface area contributed by atoms with Gasteiger partial charge in [0.2, 0.25) is 0 Å². The van der Waals surface area contributed by atoms with Crippen LogP contribution in [0.4, 0.5) is 0 Å². The number of benzene rings is 1. The van der Waals surface area contributed by atoms with Gasteiger partial charge in [-0.05, 0) is 0 Å². The summed E-state index contributed by atoms with van der Waals surface area (Å²) in [6.45, 7) is 25.6. The van der Waals surface area contributed by atoms with E-state index >= 15 is 0 Å². The monoisotopic (exact) mass is 492 g/mol. The Morgan fingerprint density at radius 2 is 1.04 bits per heavy atom. The Labute approximate surface area is 197 Å². The van der Waals surface area contributed by atoms with Crippen LogP contribution in [0.25, 0.3) is 9.96 Å². The molecule has 0 heterocycles. The van der Waals surface area contributed by atoms with Crippen LogP contribution in [0.3, 0.4) is 0 Å². The Balaban J connectivity index is 0.00000364. The number of hydrogen-bond acceptors (Lipinski definition) is 0. The second-order valence-corrected chi connectivity index (χ2v) is 19.3. The van der Waals surface area contributed by atoms with Crippen LogP contribution in [-0.4, -0.2) is 27.5 Å². The standard InChI is InChI=1S/C22H39N2Si2.CH3.Zr/c1-16-19(25(8,9)23-21(2,3)4)17-14-12-13-15-18(17)20(16)26(10,11)24-22(5,6)7;;/h12-15,19-20H,1-11H3;1H3;/q-3;-1;+4. The van der Waals surface area contributed by atoms with Gasteiger partial charge in [0.1, 0.15) is 0 Å². The van der Waals surface area contributed by atoms with Gasteiger partial charge in [0.05, 0.1) is 0 Å². The van der Waals surface area contributed by atoms with Crippen molar-refractivity contribution in [2.24, 2.45) is 0 Å². The van der Waals surface area contributed by atoms with E-state index in [0.717, 1.165) is 0 Å². The zero-order chi connectivity index (χ0) is 20.1. The Kier molecular flexibility index (Phi) is 9.45. The summed E-state index contributed by atoms with van der Waals surface area (Å²) in [4.78, 5) is 10.7. The average molecular weight is 494 g/mol. The molecular weight excluding hydrogens is 452 g/mol. The van der Waals surface area contributed by atoms with E-state index < -0.39 is 16.5 Å². The summed E-state index contributed by atoms with van der Waals surface area (Å²) in [5, 5.41) is 0. The van der Waals surface area contributed by atoms with Crippen LogP contribution >= 0.6 is 0 Å². The van der Waals surface area contributed by atoms with Crippen LogP contribution in [0.1, 0.15) is 70.7 Å². The van der Waals surface area contributed by atoms with Crippen LogP contribution in [-0.2, 0) is 26.2 Å². The van der Waals surface area contributed by atoms with Gasteiger partial charge in [-0.1, -0.05) is 120 Å². The van der Waals surface area contributed by atoms with Crippen molar-refractivity contribution < 1.29 is 26.2 Å². The van der Waals surface area contributed by atoms with Gasteiger partial charge < -0.3 is 23.3 Å². The Morgan fingerprint density at radius 1 is 0.750 bits per heavy atom. The molecule has 0 fully saturated rings. The molecule has 28 heavy (non-hydrogen) atoms. The molecule has 156 valence electrons. The zero-order valence-corrected chi connectivity index (χ0v) is 24.8. The van der Waals surface area contributed by atoms with Gasteiger partial charge in [-0.3, -0.25) is 0 Å². The minimum atomic E-state index is -1.83. The smallest absolute Gasteiger partial charge is 0.661 e. The van der Waals surface area contributed by atoms with E-state index in [1.165, 1.54) is 11.1 Å². The van der Waals surface area contributed by atoms with E-state index in [4.69, 9.17) is 9.96 Å². The number of hydrogen-bond donors (Lipinski definition) is 0. The van der Waals surface area contributed by atoms with E-state index in [-0.39, 0.29) is 44.7 Å². The molecule has 1 aromatic rings. The molecule has 0 bridgehead atoms. The maximum absolute atomic E-state index is 5.37. The van der Waals surface area contributed by atoms with Crippen LogP contribution in [0.2, 0.25) is 26.2 Å². The summed E-state index contributed by atoms with van der Waals surface area (Å²) in [7, 11) is -3.66. The molecule has 0 N–H and O–H groups in total. The zero-order valence-electron chi connectivity index (χ0n) is 20.4. The van der Waals surface area contributed by atoms with Gasteiger partial charge >= 0.3 is 26.2 Å². The molecular formula is C23H42N2Si2Zr. The summed E-state index contributed by atoms with van der Waals surface area (Å²) in [5.74, 6) is 1.63. The molecule has 2 unspecified atom stereocenters. The third-order valence-corrected chi connectivity index (χ3v) is 12.0. The van der Waals surface area contributed by atoms with Crippen molar-refractivity contribution in [2.45, 2.75) is 96.8 Å². The van der Waals surface area contributed by atoms with Crippen molar-refractivity contribution in [3.63, 3.8) is 0 Å². The molecule has 0 aliphatic heterocycles. The van der Waals surface area contributed by atoms with Crippen LogP contribution in [0, 0.1) is 13.3 Å². The van der Waals surface area contributed by atoms with Gasteiger partial charge in [-0.25, -0.2) is 0 Å². The van der Waals surface area contributed by atoms with E-state index in [1.807, 2.05) is 0 Å². The number of fused-ring (bicyclic) bond motifs is 1. The van der Waals surface area contributed by atoms with Crippen molar-refractivity contribution in [2.75, 3.05) is 0 Å². The predicted molar refractivity (Wildman–Crippen MR) is 128 cm³/mol. The van der Waals surface area contributed by atoms with Crippen molar-refractivity contribution in [1.82, 2.24) is 0 Å². The van der Waals surface area contributed by atoms with E-state index in [0.29, 0.717) is 11.1 Å². The topological polar surface area (TPSA) is 28.2 Å². The molecule has 2 atom stereocenters. The first-order chi connectivity index (χ1) is 11.6. The summed E-state index contributed by atoms with van der Waals surface area (Å²) in [6.07, 6.45) is 0. The van der Waals surface area contributed by atoms with Crippen LogP contribution < -0.4 is 0 Å². The van der Waals surface area contributed by atoms with E-state index in [1.54, 1.807) is 5.92 Å². The minimum absolute atomic E-state index is 0. The molecule has 5 heteroatoms. The van der Waals surface area contributed by atoms with Crippen LogP contribution in [0.15, 0.2) is 24.3 Å². The van der Waals surface area contributed by atoms with Gasteiger partial charge in [0.25, 0.3) is 0 Å². The first-order valence-corrected chi connectivity index (χ1v) is 16.0. The van der Waals surface area contributed by atoms with Gasteiger partial charge in [0.15, 0.2) is 0 Å². The first kappa shape index (κ1) is 28.5. The molecule has 1 aromatic carbocycles. The molecule has 0 saturated carbocycles. The number of rotatable bonds is 4.